The normalized spacial score (nSPS) is 14.7. The Morgan fingerprint density at radius 2 is 1.03 bits per heavy atom. The van der Waals surface area contributed by atoms with Crippen molar-refractivity contribution in [2.45, 2.75) is 138 Å². The minimum Gasteiger partial charge on any atom is -1.00 e. The summed E-state index contributed by atoms with van der Waals surface area (Å²) in [5, 5.41) is 44.9. The fraction of sp³-hybridized carbons (Fsp3) is 0.456. The van der Waals surface area contributed by atoms with Crippen molar-refractivity contribution < 1.29 is 49.9 Å². The number of aromatic nitrogens is 6. The van der Waals surface area contributed by atoms with E-state index in [4.69, 9.17) is 24.5 Å². The Balaban J connectivity index is 0.000000255. The second-order valence-corrected chi connectivity index (χ2v) is 23.5. The Kier molecular flexibility index (Phi) is 26.4. The molecule has 8 aromatic rings. The number of nitrogens with one attached hydrogen (secondary N) is 4. The van der Waals surface area contributed by atoms with Gasteiger partial charge in [-0.2, -0.15) is 0 Å². The van der Waals surface area contributed by atoms with Gasteiger partial charge in [0.15, 0.2) is 17.4 Å². The zero-order valence-electron chi connectivity index (χ0n) is 53.6. The van der Waals surface area contributed by atoms with Crippen LogP contribution in [0.15, 0.2) is 97.1 Å². The van der Waals surface area contributed by atoms with Gasteiger partial charge < -0.3 is 66.4 Å². The number of imidazole rings is 2. The third-order valence-electron chi connectivity index (χ3n) is 16.1. The van der Waals surface area contributed by atoms with Crippen LogP contribution in [0, 0.1) is 41.5 Å². The SMILES string of the molecule is C1CCOC1.CCOC(=O)CCN1CCC(Nc2nc3ccc(CNc4cc(C)cc(C)c4)cc3n2Cc2nc(C)ccc2O)CC1.Cc1cc(C)cc(NCc2ccc3nc(NC4CCN(CCCO)CC4)n(Cc4nc(C)ccc4O)c3c2)c1.[AlH3].[H-].[Li+]. The van der Waals surface area contributed by atoms with Gasteiger partial charge in [0.25, 0.3) is 0 Å². The van der Waals surface area contributed by atoms with E-state index in [0.29, 0.717) is 56.6 Å². The summed E-state index contributed by atoms with van der Waals surface area (Å²) < 4.78 is 14.3. The third kappa shape index (κ3) is 19.9. The number of aryl methyl sites for hydroxylation is 6. The summed E-state index contributed by atoms with van der Waals surface area (Å²) in [4.78, 5) is 35.7. The molecule has 7 N–H and O–H groups in total. The fourth-order valence-corrected chi connectivity index (χ4v) is 11.7. The van der Waals surface area contributed by atoms with Gasteiger partial charge in [0, 0.05) is 107 Å². The Bertz CT molecular complexity index is 3480. The number of fused-ring (bicyclic) bond motifs is 2. The summed E-state index contributed by atoms with van der Waals surface area (Å²) in [5.41, 5.74) is 16.3. The van der Waals surface area contributed by atoms with E-state index in [1.807, 2.05) is 32.9 Å². The molecule has 0 unspecified atom stereocenters. The number of hydrogen-bond donors (Lipinski definition) is 7. The molecular formula is C68H94AlLiN12O6. The van der Waals surface area contributed by atoms with E-state index in [1.165, 1.54) is 35.1 Å². The van der Waals surface area contributed by atoms with Gasteiger partial charge in [-0.3, -0.25) is 14.8 Å². The van der Waals surface area contributed by atoms with Crippen LogP contribution >= 0.6 is 0 Å². The fourth-order valence-electron chi connectivity index (χ4n) is 11.7. The maximum absolute atomic E-state index is 11.8. The van der Waals surface area contributed by atoms with Crippen molar-refractivity contribution in [3.05, 3.63) is 153 Å². The number of carbonyl (C=O) groups is 1. The molecule has 466 valence electrons. The van der Waals surface area contributed by atoms with Crippen molar-refractivity contribution in [2.75, 3.05) is 87.0 Å². The number of carbonyl (C=O) groups excluding carboxylic acids is 1. The van der Waals surface area contributed by atoms with Crippen molar-refractivity contribution in [3.63, 3.8) is 0 Å². The molecule has 0 amide bonds. The van der Waals surface area contributed by atoms with Gasteiger partial charge in [0.2, 0.25) is 11.9 Å². The van der Waals surface area contributed by atoms with Gasteiger partial charge in [-0.25, -0.2) is 9.97 Å². The molecule has 11 rings (SSSR count). The number of likely N-dealkylation sites (tertiary alicyclic amines) is 2. The Morgan fingerprint density at radius 1 is 0.602 bits per heavy atom. The van der Waals surface area contributed by atoms with Crippen molar-refractivity contribution in [1.82, 2.24) is 38.9 Å². The number of rotatable bonds is 21. The summed E-state index contributed by atoms with van der Waals surface area (Å²) in [6.45, 7) is 24.5. The predicted octanol–water partition coefficient (Wildman–Crippen LogP) is 7.26. The maximum Gasteiger partial charge on any atom is 1.00 e. The first-order chi connectivity index (χ1) is 41.6. The molecule has 3 aliphatic heterocycles. The van der Waals surface area contributed by atoms with E-state index >= 15 is 0 Å². The van der Waals surface area contributed by atoms with Crippen molar-refractivity contribution >= 4 is 68.7 Å². The van der Waals surface area contributed by atoms with Crippen LogP contribution in [-0.4, -0.2) is 155 Å². The molecule has 0 radical (unpaired) electrons. The first kappa shape index (κ1) is 68.8. The third-order valence-corrected chi connectivity index (χ3v) is 16.1. The number of hydrogen-bond acceptors (Lipinski definition) is 16. The smallest absolute Gasteiger partial charge is 1.00 e. The van der Waals surface area contributed by atoms with Crippen LogP contribution in [0.1, 0.15) is 116 Å². The number of pyridine rings is 2. The van der Waals surface area contributed by atoms with E-state index in [-0.39, 0.29) is 67.8 Å². The number of ether oxygens (including phenoxy) is 2. The second-order valence-electron chi connectivity index (χ2n) is 23.5. The predicted molar refractivity (Wildman–Crippen MR) is 356 cm³/mol. The number of aromatic hydroxyl groups is 2. The van der Waals surface area contributed by atoms with Crippen molar-refractivity contribution in [3.8, 4) is 11.5 Å². The number of piperidine rings is 2. The molecule has 4 aromatic heterocycles. The average Bonchev–Trinajstić information content (AvgIpc) is 1.97. The standard InChI is InChI=1S/C33H42N6O3.C31H40N6O2.C4H8O.Al.Li.4H/c1-5-42-32(41)12-15-38-13-10-26(11-14-38)36-33-37-28-8-7-25(20-34-27-17-22(2)16-23(3)18-27)19-30(28)39(33)21-29-31(40)9-6-24(4)35-29;1-21-15-22(2)17-26(16-21)32-19-24-6-7-27-29(18-24)37(20-28-30(39)8-5-23(3)33-28)31(35-27)34-25-9-12-36(13-10-25)11-4-14-38;1-2-4-5-3-1;;;;;;/h6-9,16-19,26,34,40H,5,10-15,20-21H2,1-4H3,(H,36,37);5-8,15-18,25,32,38-39H,4,9-14,19-20H2,1-3H3,(H,34,35);1-4H2;;;;;;/q;;;;+1;;;;-1. The zero-order valence-corrected chi connectivity index (χ0v) is 52.6. The molecule has 3 aliphatic rings. The maximum atomic E-state index is 11.8. The molecular weight excluding hydrogens is 1110 g/mol. The quantitative estimate of drug-likeness (QED) is 0.0279. The Labute approximate surface area is 544 Å². The molecule has 0 aliphatic carbocycles. The van der Waals surface area contributed by atoms with Crippen LogP contribution in [0.5, 0.6) is 11.5 Å². The molecule has 3 saturated heterocycles. The molecule has 0 spiro atoms. The molecule has 4 aromatic carbocycles. The largest absolute Gasteiger partial charge is 1.00 e. The number of esters is 1. The van der Waals surface area contributed by atoms with Crippen molar-refractivity contribution in [1.29, 1.82) is 0 Å². The van der Waals surface area contributed by atoms with E-state index in [1.54, 1.807) is 12.1 Å². The van der Waals surface area contributed by atoms with E-state index in [0.717, 1.165) is 152 Å². The van der Waals surface area contributed by atoms with Crippen molar-refractivity contribution in [2.24, 2.45) is 0 Å². The van der Waals surface area contributed by atoms with Crippen LogP contribution in [0.3, 0.4) is 0 Å². The summed E-state index contributed by atoms with van der Waals surface area (Å²) in [6, 6.07) is 33.4. The minimum atomic E-state index is -0.136. The molecule has 88 heavy (non-hydrogen) atoms. The molecule has 0 saturated carbocycles. The average molecular weight is 1210 g/mol. The molecule has 3 fully saturated rings. The number of aliphatic hydroxyl groups excluding tert-OH is 1. The summed E-state index contributed by atoms with van der Waals surface area (Å²) in [5.74, 6) is 1.82. The second kappa shape index (κ2) is 33.8. The topological polar surface area (TPSA) is 212 Å². The summed E-state index contributed by atoms with van der Waals surface area (Å²) in [6.07, 6.45) is 7.74. The summed E-state index contributed by atoms with van der Waals surface area (Å²) >= 11 is 0. The van der Waals surface area contributed by atoms with Gasteiger partial charge in [-0.1, -0.05) is 24.3 Å². The van der Waals surface area contributed by atoms with Gasteiger partial charge in [0.05, 0.1) is 48.2 Å². The number of benzene rings is 4. The van der Waals surface area contributed by atoms with Gasteiger partial charge >= 0.3 is 24.8 Å². The van der Waals surface area contributed by atoms with Gasteiger partial charge in [0.1, 0.15) is 22.9 Å². The van der Waals surface area contributed by atoms with E-state index < -0.39 is 0 Å². The molecule has 0 bridgehead atoms. The zero-order chi connectivity index (χ0) is 60.5. The van der Waals surface area contributed by atoms with Crippen LogP contribution in [-0.2, 0) is 40.4 Å². The number of nitrogens with zero attached hydrogens (tertiary/aromatic N) is 8. The molecule has 7 heterocycles. The van der Waals surface area contributed by atoms with E-state index in [9.17, 15) is 15.0 Å². The summed E-state index contributed by atoms with van der Waals surface area (Å²) in [7, 11) is 0. The Morgan fingerprint density at radius 3 is 1.43 bits per heavy atom. The molecule has 18 nitrogen and oxygen atoms in total. The number of aliphatic hydroxyl groups is 1. The van der Waals surface area contributed by atoms with Crippen LogP contribution < -0.4 is 40.1 Å². The van der Waals surface area contributed by atoms with Gasteiger partial charge in [-0.05, 0) is 200 Å². The molecule has 0 atom stereocenters. The van der Waals surface area contributed by atoms with Crippen LogP contribution in [0.25, 0.3) is 22.1 Å². The first-order valence-electron chi connectivity index (χ1n) is 30.9. The first-order valence-corrected chi connectivity index (χ1v) is 30.9. The van der Waals surface area contributed by atoms with Gasteiger partial charge in [-0.15, -0.1) is 0 Å². The van der Waals surface area contributed by atoms with Crippen LogP contribution in [0.2, 0.25) is 0 Å². The number of anilines is 4. The molecule has 20 heteroatoms. The van der Waals surface area contributed by atoms with Crippen LogP contribution in [0.4, 0.5) is 23.3 Å². The van der Waals surface area contributed by atoms with E-state index in [2.05, 4.69) is 151 Å². The minimum absolute atomic E-state index is 0. The monoisotopic (exact) mass is 1210 g/mol. The Hall–Kier alpha value is -6.64.